The van der Waals surface area contributed by atoms with Gasteiger partial charge in [-0.15, -0.1) is 0 Å². The summed E-state index contributed by atoms with van der Waals surface area (Å²) in [6, 6.07) is 7.49. The van der Waals surface area contributed by atoms with E-state index in [4.69, 9.17) is 5.11 Å². The molecule has 0 aromatic heterocycles. The third-order valence-corrected chi connectivity index (χ3v) is 2.01. The second-order valence-electron chi connectivity index (χ2n) is 3.05. The molecule has 0 atom stereocenters. The molecule has 0 saturated heterocycles. The molecule has 0 aliphatic carbocycles. The normalized spacial score (nSPS) is 11.1. The topological polar surface area (TPSA) is 66.7 Å². The highest BCUT2D eigenvalue weighted by atomic mass is 16.4. The van der Waals surface area contributed by atoms with E-state index in [2.05, 4.69) is 4.99 Å². The fourth-order valence-corrected chi connectivity index (χ4v) is 1.11. The summed E-state index contributed by atoms with van der Waals surface area (Å²) in [5.74, 6) is -1.29. The van der Waals surface area contributed by atoms with Crippen molar-refractivity contribution in [2.45, 2.75) is 13.5 Å². The van der Waals surface area contributed by atoms with Gasteiger partial charge in [-0.25, -0.2) is 4.79 Å². The average Bonchev–Trinajstić information content (AvgIpc) is 2.21. The molecule has 0 fully saturated rings. The lowest BCUT2D eigenvalue weighted by Gasteiger charge is -2.01. The molecular weight excluding hydrogens is 194 g/mol. The fraction of sp³-hybridized carbons (Fsp3) is 0.182. The molecule has 4 nitrogen and oxygen atoms in total. The van der Waals surface area contributed by atoms with Crippen molar-refractivity contribution in [3.05, 3.63) is 35.4 Å². The highest BCUT2D eigenvalue weighted by molar-refractivity contribution is 6.57. The van der Waals surface area contributed by atoms with Crippen LogP contribution in [0.15, 0.2) is 29.3 Å². The van der Waals surface area contributed by atoms with E-state index in [-0.39, 0.29) is 12.8 Å². The molecule has 1 aromatic rings. The maximum Gasteiger partial charge on any atom is 0.357 e. The lowest BCUT2D eigenvalue weighted by molar-refractivity contribution is -0.129. The van der Waals surface area contributed by atoms with E-state index >= 15 is 0 Å². The van der Waals surface area contributed by atoms with Crippen molar-refractivity contribution >= 4 is 18.0 Å². The molecular formula is C11H11NO3. The molecule has 1 N–H and O–H groups in total. The third-order valence-electron chi connectivity index (χ3n) is 2.01. The Bertz CT molecular complexity index is 410. The molecule has 0 aliphatic rings. The Morgan fingerprint density at radius 1 is 1.47 bits per heavy atom. The molecule has 0 unspecified atom stereocenters. The van der Waals surface area contributed by atoms with E-state index in [9.17, 15) is 9.59 Å². The summed E-state index contributed by atoms with van der Waals surface area (Å²) in [5.41, 5.74) is 1.49. The first-order valence-electron chi connectivity index (χ1n) is 4.42. The van der Waals surface area contributed by atoms with Crippen molar-refractivity contribution in [3.8, 4) is 0 Å². The van der Waals surface area contributed by atoms with E-state index in [1.54, 1.807) is 0 Å². The summed E-state index contributed by atoms with van der Waals surface area (Å²) >= 11 is 0. The SMILES string of the molecule is Cc1ccccc1CN=C(C=O)C(=O)O. The summed E-state index contributed by atoms with van der Waals surface area (Å²) in [5, 5.41) is 8.56. The van der Waals surface area contributed by atoms with Crippen molar-refractivity contribution in [3.63, 3.8) is 0 Å². The van der Waals surface area contributed by atoms with E-state index < -0.39 is 11.7 Å². The molecule has 0 bridgehead atoms. The van der Waals surface area contributed by atoms with Gasteiger partial charge in [0, 0.05) is 0 Å². The monoisotopic (exact) mass is 205 g/mol. The Balaban J connectivity index is 2.83. The number of aryl methyl sites for hydroxylation is 1. The van der Waals surface area contributed by atoms with Gasteiger partial charge in [-0.3, -0.25) is 9.79 Å². The van der Waals surface area contributed by atoms with Crippen molar-refractivity contribution in [1.29, 1.82) is 0 Å². The number of rotatable bonds is 4. The zero-order valence-corrected chi connectivity index (χ0v) is 8.30. The Hall–Kier alpha value is -1.97. The minimum Gasteiger partial charge on any atom is -0.476 e. The van der Waals surface area contributed by atoms with Crippen molar-refractivity contribution in [2.24, 2.45) is 4.99 Å². The van der Waals surface area contributed by atoms with E-state index in [1.807, 2.05) is 31.2 Å². The van der Waals surface area contributed by atoms with Crippen LogP contribution in [0, 0.1) is 6.92 Å². The minimum absolute atomic E-state index is 0.215. The van der Waals surface area contributed by atoms with Crippen LogP contribution in [0.4, 0.5) is 0 Å². The molecule has 0 saturated carbocycles. The Morgan fingerprint density at radius 3 is 2.67 bits per heavy atom. The lowest BCUT2D eigenvalue weighted by atomic mass is 10.1. The first kappa shape index (κ1) is 11.1. The molecule has 4 heteroatoms. The Morgan fingerprint density at radius 2 is 2.13 bits per heavy atom. The summed E-state index contributed by atoms with van der Waals surface area (Å²) in [6.07, 6.45) is 0.251. The van der Waals surface area contributed by atoms with Gasteiger partial charge in [0.15, 0.2) is 12.0 Å². The van der Waals surface area contributed by atoms with Gasteiger partial charge in [-0.05, 0) is 18.1 Å². The van der Waals surface area contributed by atoms with Crippen LogP contribution < -0.4 is 0 Å². The summed E-state index contributed by atoms with van der Waals surface area (Å²) in [4.78, 5) is 24.5. The van der Waals surface area contributed by atoms with Gasteiger partial charge in [0.25, 0.3) is 0 Å². The van der Waals surface area contributed by atoms with Gasteiger partial charge in [0.1, 0.15) is 0 Å². The molecule has 0 amide bonds. The number of benzene rings is 1. The third kappa shape index (κ3) is 3.02. The van der Waals surface area contributed by atoms with Crippen molar-refractivity contribution in [1.82, 2.24) is 0 Å². The largest absolute Gasteiger partial charge is 0.476 e. The number of hydrogen-bond donors (Lipinski definition) is 1. The number of aliphatic imine (C=N–C) groups is 1. The number of carbonyl (C=O) groups excluding carboxylic acids is 1. The van der Waals surface area contributed by atoms with Crippen LogP contribution >= 0.6 is 0 Å². The smallest absolute Gasteiger partial charge is 0.357 e. The molecule has 0 spiro atoms. The maximum absolute atomic E-state index is 10.5. The van der Waals surface area contributed by atoms with Gasteiger partial charge in [0.2, 0.25) is 0 Å². The van der Waals surface area contributed by atoms with Crippen LogP contribution in [-0.4, -0.2) is 23.1 Å². The number of aldehydes is 1. The van der Waals surface area contributed by atoms with Gasteiger partial charge < -0.3 is 5.11 Å². The predicted molar refractivity (Wildman–Crippen MR) is 56.0 cm³/mol. The number of nitrogens with zero attached hydrogens (tertiary/aromatic N) is 1. The lowest BCUT2D eigenvalue weighted by Crippen LogP contribution is -2.14. The molecule has 1 aromatic carbocycles. The van der Waals surface area contributed by atoms with Crippen LogP contribution in [0.1, 0.15) is 11.1 Å². The minimum atomic E-state index is -1.29. The van der Waals surface area contributed by atoms with Crippen LogP contribution in [0.2, 0.25) is 0 Å². The quantitative estimate of drug-likeness (QED) is 0.456. The van der Waals surface area contributed by atoms with Crippen molar-refractivity contribution < 1.29 is 14.7 Å². The molecule has 15 heavy (non-hydrogen) atoms. The van der Waals surface area contributed by atoms with E-state index in [0.717, 1.165) is 11.1 Å². The van der Waals surface area contributed by atoms with Crippen LogP contribution in [-0.2, 0) is 16.1 Å². The standard InChI is InChI=1S/C11H11NO3/c1-8-4-2-3-5-9(8)6-12-10(7-13)11(14)15/h2-5,7H,6H2,1H3,(H,14,15). The number of carboxylic acids is 1. The summed E-state index contributed by atoms with van der Waals surface area (Å²) in [6.45, 7) is 2.12. The number of aliphatic carboxylic acids is 1. The first-order valence-corrected chi connectivity index (χ1v) is 4.42. The second kappa shape index (κ2) is 5.05. The Kier molecular flexibility index (Phi) is 3.74. The van der Waals surface area contributed by atoms with E-state index in [0.29, 0.717) is 0 Å². The summed E-state index contributed by atoms with van der Waals surface area (Å²) in [7, 11) is 0. The molecule has 0 radical (unpaired) electrons. The van der Waals surface area contributed by atoms with Gasteiger partial charge in [-0.2, -0.15) is 0 Å². The predicted octanol–water partition coefficient (Wildman–Crippen LogP) is 1.22. The zero-order valence-electron chi connectivity index (χ0n) is 8.30. The van der Waals surface area contributed by atoms with Gasteiger partial charge in [-0.1, -0.05) is 24.3 Å². The van der Waals surface area contributed by atoms with Crippen LogP contribution in [0.25, 0.3) is 0 Å². The number of carboxylic acid groups (broad SMARTS) is 1. The van der Waals surface area contributed by atoms with Crippen molar-refractivity contribution in [2.75, 3.05) is 0 Å². The highest BCUT2D eigenvalue weighted by Crippen LogP contribution is 2.07. The molecule has 0 aliphatic heterocycles. The molecule has 78 valence electrons. The number of hydrogen-bond acceptors (Lipinski definition) is 3. The average molecular weight is 205 g/mol. The van der Waals surface area contributed by atoms with Crippen LogP contribution in [0.3, 0.4) is 0 Å². The zero-order chi connectivity index (χ0) is 11.3. The highest BCUT2D eigenvalue weighted by Gasteiger charge is 2.06. The van der Waals surface area contributed by atoms with Gasteiger partial charge >= 0.3 is 5.97 Å². The Labute approximate surface area is 87.3 Å². The molecule has 1 rings (SSSR count). The maximum atomic E-state index is 10.5. The molecule has 0 heterocycles. The fourth-order valence-electron chi connectivity index (χ4n) is 1.11. The number of carbonyl (C=O) groups is 2. The second-order valence-corrected chi connectivity index (χ2v) is 3.05. The first-order chi connectivity index (χ1) is 7.15. The van der Waals surface area contributed by atoms with Crippen LogP contribution in [0.5, 0.6) is 0 Å². The van der Waals surface area contributed by atoms with Gasteiger partial charge in [0.05, 0.1) is 6.54 Å². The summed E-state index contributed by atoms with van der Waals surface area (Å²) < 4.78 is 0. The van der Waals surface area contributed by atoms with E-state index in [1.165, 1.54) is 0 Å².